The van der Waals surface area contributed by atoms with Crippen LogP contribution >= 0.6 is 0 Å². The maximum Gasteiger partial charge on any atom is 0.249 e. The number of carbonyl (C=O) groups excluding carboxylic acids is 2. The number of piperazine rings is 1. The van der Waals surface area contributed by atoms with E-state index in [0.29, 0.717) is 23.9 Å². The molecule has 2 heterocycles. The van der Waals surface area contributed by atoms with Gasteiger partial charge in [-0.25, -0.2) is 15.8 Å². The molecule has 8 nitrogen and oxygen atoms in total. The molecule has 2 rings (SSSR count). The summed E-state index contributed by atoms with van der Waals surface area (Å²) in [5.74, 6) is 6.23. The Morgan fingerprint density at radius 3 is 2.89 bits per heavy atom. The van der Waals surface area contributed by atoms with Gasteiger partial charge in [0.05, 0.1) is 6.54 Å². The van der Waals surface area contributed by atoms with Gasteiger partial charge in [-0.2, -0.15) is 0 Å². The van der Waals surface area contributed by atoms with E-state index in [9.17, 15) is 9.59 Å². The Morgan fingerprint density at radius 1 is 1.53 bits per heavy atom. The average Bonchev–Trinajstić information content (AvgIpc) is 2.42. The number of imide groups is 1. The second kappa shape index (κ2) is 5.19. The van der Waals surface area contributed by atoms with E-state index in [2.05, 4.69) is 20.7 Å². The standard InChI is InChI=1S/C11H16N6O2/c1-3-7-13-8(16-12)4-9(14-7)17-5-10(18)15-11(19)6(17)2/h4,6H,3,5,12H2,1-2H3,(H,13,14,16)(H,15,18,19). The third-order valence-corrected chi connectivity index (χ3v) is 2.94. The van der Waals surface area contributed by atoms with E-state index < -0.39 is 6.04 Å². The molecular formula is C11H16N6O2. The second-order valence-electron chi connectivity index (χ2n) is 4.24. The SMILES string of the molecule is CCc1nc(NN)cc(N2CC(=O)NC(=O)C2C)n1. The average molecular weight is 264 g/mol. The number of nitrogens with one attached hydrogen (secondary N) is 2. The first-order chi connectivity index (χ1) is 9.05. The molecule has 0 saturated carbocycles. The number of hydrogen-bond acceptors (Lipinski definition) is 7. The van der Waals surface area contributed by atoms with Crippen LogP contribution in [0.15, 0.2) is 6.07 Å². The molecule has 19 heavy (non-hydrogen) atoms. The molecule has 1 fully saturated rings. The summed E-state index contributed by atoms with van der Waals surface area (Å²) in [5, 5.41) is 2.28. The zero-order valence-electron chi connectivity index (χ0n) is 10.8. The van der Waals surface area contributed by atoms with Crippen molar-refractivity contribution in [2.24, 2.45) is 5.84 Å². The number of aryl methyl sites for hydroxylation is 1. The predicted octanol–water partition coefficient (Wildman–Crippen LogP) is -0.824. The minimum Gasteiger partial charge on any atom is -0.335 e. The number of nitrogens with two attached hydrogens (primary N) is 1. The molecule has 2 amide bonds. The lowest BCUT2D eigenvalue weighted by Gasteiger charge is -2.32. The molecule has 0 radical (unpaired) electrons. The van der Waals surface area contributed by atoms with Crippen LogP contribution in [0.4, 0.5) is 11.6 Å². The summed E-state index contributed by atoms with van der Waals surface area (Å²) in [7, 11) is 0. The maximum absolute atomic E-state index is 11.6. The van der Waals surface area contributed by atoms with Gasteiger partial charge in [-0.1, -0.05) is 6.92 Å². The number of carbonyl (C=O) groups is 2. The summed E-state index contributed by atoms with van der Waals surface area (Å²) in [4.78, 5) is 33.2. The molecule has 1 saturated heterocycles. The summed E-state index contributed by atoms with van der Waals surface area (Å²) in [6.07, 6.45) is 0.630. The van der Waals surface area contributed by atoms with Crippen LogP contribution in [0.5, 0.6) is 0 Å². The Hall–Kier alpha value is -2.22. The zero-order valence-corrected chi connectivity index (χ0v) is 10.8. The lowest BCUT2D eigenvalue weighted by Crippen LogP contribution is -2.57. The van der Waals surface area contributed by atoms with E-state index in [4.69, 9.17) is 5.84 Å². The maximum atomic E-state index is 11.6. The van der Waals surface area contributed by atoms with E-state index >= 15 is 0 Å². The van der Waals surface area contributed by atoms with Gasteiger partial charge < -0.3 is 10.3 Å². The van der Waals surface area contributed by atoms with Gasteiger partial charge in [0.1, 0.15) is 23.5 Å². The summed E-state index contributed by atoms with van der Waals surface area (Å²) >= 11 is 0. The Kier molecular flexibility index (Phi) is 3.61. The number of anilines is 2. The molecule has 1 unspecified atom stereocenters. The fraction of sp³-hybridized carbons (Fsp3) is 0.455. The topological polar surface area (TPSA) is 113 Å². The van der Waals surface area contributed by atoms with E-state index in [0.717, 1.165) is 0 Å². The lowest BCUT2D eigenvalue weighted by atomic mass is 10.2. The van der Waals surface area contributed by atoms with Gasteiger partial charge in [0.25, 0.3) is 0 Å². The first-order valence-corrected chi connectivity index (χ1v) is 6.00. The van der Waals surface area contributed by atoms with Crippen LogP contribution in [-0.4, -0.2) is 34.4 Å². The summed E-state index contributed by atoms with van der Waals surface area (Å²) < 4.78 is 0. The highest BCUT2D eigenvalue weighted by atomic mass is 16.2. The molecule has 1 aromatic heterocycles. The molecular weight excluding hydrogens is 248 g/mol. The Bertz CT molecular complexity index is 496. The van der Waals surface area contributed by atoms with Gasteiger partial charge in [-0.15, -0.1) is 0 Å². The quantitative estimate of drug-likeness (QED) is 0.371. The number of rotatable bonds is 3. The second-order valence-corrected chi connectivity index (χ2v) is 4.24. The molecule has 1 atom stereocenters. The van der Waals surface area contributed by atoms with Gasteiger partial charge in [0.15, 0.2) is 0 Å². The summed E-state index contributed by atoms with van der Waals surface area (Å²) in [5.41, 5.74) is 2.46. The van der Waals surface area contributed by atoms with Crippen molar-refractivity contribution in [2.45, 2.75) is 26.3 Å². The molecule has 0 aliphatic carbocycles. The third kappa shape index (κ3) is 2.63. The van der Waals surface area contributed by atoms with Crippen molar-refractivity contribution in [3.8, 4) is 0 Å². The third-order valence-electron chi connectivity index (χ3n) is 2.94. The van der Waals surface area contributed by atoms with Crippen LogP contribution < -0.4 is 21.5 Å². The predicted molar refractivity (Wildman–Crippen MR) is 69.2 cm³/mol. The molecule has 0 spiro atoms. The van der Waals surface area contributed by atoms with Crippen molar-refractivity contribution in [3.05, 3.63) is 11.9 Å². The van der Waals surface area contributed by atoms with E-state index in [1.165, 1.54) is 0 Å². The van der Waals surface area contributed by atoms with Crippen LogP contribution in [0.1, 0.15) is 19.7 Å². The van der Waals surface area contributed by atoms with Crippen LogP contribution in [-0.2, 0) is 16.0 Å². The summed E-state index contributed by atoms with van der Waals surface area (Å²) in [6, 6.07) is 1.14. The molecule has 0 bridgehead atoms. The zero-order chi connectivity index (χ0) is 14.0. The molecule has 4 N–H and O–H groups in total. The van der Waals surface area contributed by atoms with Crippen molar-refractivity contribution < 1.29 is 9.59 Å². The van der Waals surface area contributed by atoms with Gasteiger partial charge in [0.2, 0.25) is 11.8 Å². The number of hydrazine groups is 1. The van der Waals surface area contributed by atoms with Gasteiger partial charge in [-0.05, 0) is 6.92 Å². The highest BCUT2D eigenvalue weighted by molar-refractivity contribution is 6.04. The number of aromatic nitrogens is 2. The van der Waals surface area contributed by atoms with E-state index in [1.54, 1.807) is 17.9 Å². The van der Waals surface area contributed by atoms with Crippen LogP contribution in [0.2, 0.25) is 0 Å². The number of amides is 2. The van der Waals surface area contributed by atoms with Crippen molar-refractivity contribution in [3.63, 3.8) is 0 Å². The first kappa shape index (κ1) is 13.2. The molecule has 1 aromatic rings. The summed E-state index contributed by atoms with van der Waals surface area (Å²) in [6.45, 7) is 3.71. The molecule has 1 aliphatic heterocycles. The van der Waals surface area contributed by atoms with Crippen LogP contribution in [0, 0.1) is 0 Å². The van der Waals surface area contributed by atoms with E-state index in [1.807, 2.05) is 6.92 Å². The Morgan fingerprint density at radius 2 is 2.26 bits per heavy atom. The van der Waals surface area contributed by atoms with E-state index in [-0.39, 0.29) is 18.4 Å². The minimum atomic E-state index is -0.470. The first-order valence-electron chi connectivity index (χ1n) is 6.00. The van der Waals surface area contributed by atoms with Crippen molar-refractivity contribution in [1.29, 1.82) is 0 Å². The fourth-order valence-electron chi connectivity index (χ4n) is 1.86. The lowest BCUT2D eigenvalue weighted by molar-refractivity contribution is -0.132. The molecule has 102 valence electrons. The number of nitrogens with zero attached hydrogens (tertiary/aromatic N) is 3. The van der Waals surface area contributed by atoms with Crippen molar-refractivity contribution in [1.82, 2.24) is 15.3 Å². The largest absolute Gasteiger partial charge is 0.335 e. The van der Waals surface area contributed by atoms with Crippen LogP contribution in [0.3, 0.4) is 0 Å². The normalized spacial score (nSPS) is 19.3. The molecule has 8 heteroatoms. The highest BCUT2D eigenvalue weighted by Crippen LogP contribution is 2.19. The van der Waals surface area contributed by atoms with Gasteiger partial charge >= 0.3 is 0 Å². The Labute approximate surface area is 110 Å². The van der Waals surface area contributed by atoms with Crippen LogP contribution in [0.25, 0.3) is 0 Å². The Balaban J connectivity index is 2.39. The smallest absolute Gasteiger partial charge is 0.249 e. The minimum absolute atomic E-state index is 0.0804. The number of hydrogen-bond donors (Lipinski definition) is 3. The number of nitrogen functional groups attached to an aromatic ring is 1. The molecule has 0 aromatic carbocycles. The monoisotopic (exact) mass is 264 g/mol. The highest BCUT2D eigenvalue weighted by Gasteiger charge is 2.31. The van der Waals surface area contributed by atoms with Gasteiger partial charge in [0, 0.05) is 12.5 Å². The van der Waals surface area contributed by atoms with Gasteiger partial charge in [-0.3, -0.25) is 14.9 Å². The fourth-order valence-corrected chi connectivity index (χ4v) is 1.86. The molecule has 1 aliphatic rings. The van der Waals surface area contributed by atoms with Crippen molar-refractivity contribution >= 4 is 23.5 Å². The van der Waals surface area contributed by atoms with Crippen molar-refractivity contribution in [2.75, 3.05) is 16.9 Å².